The molecule has 0 amide bonds. The van der Waals surface area contributed by atoms with Crippen molar-refractivity contribution in [3.05, 3.63) is 34.9 Å². The Morgan fingerprint density at radius 2 is 1.15 bits per heavy atom. The van der Waals surface area contributed by atoms with E-state index in [4.69, 9.17) is 0 Å². The first-order chi connectivity index (χ1) is 8.73. The van der Waals surface area contributed by atoms with E-state index < -0.39 is 41.7 Å². The lowest BCUT2D eigenvalue weighted by atomic mass is 9.79. The van der Waals surface area contributed by atoms with E-state index in [0.29, 0.717) is 0 Å². The number of carbonyl (C=O) groups is 1. The third kappa shape index (κ3) is 3.67. The molecule has 1 aromatic rings. The first kappa shape index (κ1) is 16.4. The Morgan fingerprint density at radius 1 is 0.800 bits per heavy atom. The number of rotatable bonds is 2. The van der Waals surface area contributed by atoms with Crippen LogP contribution < -0.4 is 0 Å². The average Bonchev–Trinajstić information content (AvgIpc) is 2.23. The molecule has 1 aromatic carbocycles. The lowest BCUT2D eigenvalue weighted by Gasteiger charge is -2.17. The largest absolute Gasteiger partial charge is 0.549 e. The van der Waals surface area contributed by atoms with Crippen LogP contribution in [0.1, 0.15) is 21.5 Å². The zero-order valence-corrected chi connectivity index (χ0v) is 9.12. The second-order valence-corrected chi connectivity index (χ2v) is 3.73. The summed E-state index contributed by atoms with van der Waals surface area (Å²) in [7, 11) is 0. The van der Waals surface area contributed by atoms with Crippen molar-refractivity contribution >= 4 is 12.7 Å². The molecule has 112 valence electrons. The Labute approximate surface area is 105 Å². The summed E-state index contributed by atoms with van der Waals surface area (Å²) < 4.78 is 110. The number of halogens is 9. The van der Waals surface area contributed by atoms with E-state index in [0.717, 1.165) is 0 Å². The summed E-state index contributed by atoms with van der Waals surface area (Å²) in [5.41, 5.74) is -8.37. The van der Waals surface area contributed by atoms with Crippen LogP contribution in [0.5, 0.6) is 0 Å². The third-order valence-electron chi connectivity index (χ3n) is 2.17. The van der Waals surface area contributed by atoms with Gasteiger partial charge in [-0.15, -0.1) is 0 Å². The summed E-state index contributed by atoms with van der Waals surface area (Å²) in [5.74, 6) is 0. The number of hydrogen-bond acceptors (Lipinski definition) is 1. The fourth-order valence-corrected chi connectivity index (χ4v) is 1.29. The monoisotopic (exact) mass is 309 g/mol. The van der Waals surface area contributed by atoms with Crippen LogP contribution in [0, 0.1) is 0 Å². The maximum atomic E-state index is 12.3. The van der Waals surface area contributed by atoms with Crippen LogP contribution in [0.4, 0.5) is 39.3 Å². The summed E-state index contributed by atoms with van der Waals surface area (Å²) >= 11 is 0. The van der Waals surface area contributed by atoms with Gasteiger partial charge in [0.2, 0.25) is 0 Å². The van der Waals surface area contributed by atoms with E-state index in [9.17, 15) is 44.1 Å². The molecular formula is C9H3BF9O-. The predicted molar refractivity (Wildman–Crippen MR) is 49.9 cm³/mol. The number of carbonyl (C=O) groups excluding carboxylic acids is 1. The van der Waals surface area contributed by atoms with Crippen molar-refractivity contribution in [1.82, 2.24) is 0 Å². The van der Waals surface area contributed by atoms with E-state index in [-0.39, 0.29) is 18.2 Å². The van der Waals surface area contributed by atoms with Gasteiger partial charge in [-0.25, -0.2) is 0 Å². The van der Waals surface area contributed by atoms with Gasteiger partial charge >= 0.3 is 19.3 Å². The van der Waals surface area contributed by atoms with Gasteiger partial charge in [-0.05, 0) is 23.8 Å². The second kappa shape index (κ2) is 4.71. The zero-order chi connectivity index (χ0) is 15.9. The average molecular weight is 309 g/mol. The predicted octanol–water partition coefficient (Wildman–Crippen LogP) is 4.29. The molecule has 0 aliphatic heterocycles. The molecule has 1 rings (SSSR count). The molecule has 0 atom stereocenters. The zero-order valence-electron chi connectivity index (χ0n) is 9.12. The molecule has 0 heterocycles. The molecule has 1 nitrogen and oxygen atoms in total. The van der Waals surface area contributed by atoms with Crippen molar-refractivity contribution < 1.29 is 44.1 Å². The molecule has 0 saturated heterocycles. The first-order valence-corrected chi connectivity index (χ1v) is 4.76. The molecule has 0 unspecified atom stereocenters. The highest BCUT2D eigenvalue weighted by molar-refractivity contribution is 6.93. The quantitative estimate of drug-likeness (QED) is 0.588. The maximum Gasteiger partial charge on any atom is 0.549 e. The van der Waals surface area contributed by atoms with E-state index >= 15 is 0 Å². The van der Waals surface area contributed by atoms with Crippen LogP contribution in [0.2, 0.25) is 0 Å². The van der Waals surface area contributed by atoms with Gasteiger partial charge in [-0.3, -0.25) is 0 Å². The molecule has 20 heavy (non-hydrogen) atoms. The summed E-state index contributed by atoms with van der Waals surface area (Å²) in [4.78, 5) is 10.8. The van der Waals surface area contributed by atoms with Crippen molar-refractivity contribution in [3.63, 3.8) is 0 Å². The van der Waals surface area contributed by atoms with E-state index in [1.54, 1.807) is 0 Å². The minimum atomic E-state index is -6.23. The highest BCUT2D eigenvalue weighted by Gasteiger charge is 2.40. The van der Waals surface area contributed by atoms with Gasteiger partial charge in [0.15, 0.2) is 0 Å². The van der Waals surface area contributed by atoms with Crippen LogP contribution >= 0.6 is 0 Å². The molecule has 0 fully saturated rings. The Hall–Kier alpha value is -1.68. The lowest BCUT2D eigenvalue weighted by Crippen LogP contribution is -2.30. The Morgan fingerprint density at radius 3 is 1.40 bits per heavy atom. The molecule has 0 aromatic heterocycles. The molecule has 0 saturated carbocycles. The molecular weight excluding hydrogens is 306 g/mol. The van der Waals surface area contributed by atoms with Crippen LogP contribution in [0.3, 0.4) is 0 Å². The van der Waals surface area contributed by atoms with E-state index in [1.165, 1.54) is 0 Å². The molecule has 0 aliphatic carbocycles. The summed E-state index contributed by atoms with van der Waals surface area (Å²) in [6, 6.07) is -0.875. The normalized spacial score (nSPS) is 13.4. The Balaban J connectivity index is 3.51. The number of alkyl halides is 6. The van der Waals surface area contributed by atoms with Crippen molar-refractivity contribution in [3.8, 4) is 0 Å². The topological polar surface area (TPSA) is 17.1 Å². The highest BCUT2D eigenvalue weighted by atomic mass is 19.4. The molecule has 0 radical (unpaired) electrons. The molecule has 0 spiro atoms. The van der Waals surface area contributed by atoms with Gasteiger partial charge in [0.05, 0.1) is 11.1 Å². The number of hydrogen-bond donors (Lipinski definition) is 0. The standard InChI is InChI=1S/C9H3BF9O/c11-8(12,13)5-1-4(7(20)10(17,18)19)2-6(3-5)9(14,15)16/h1-3H/q-1. The van der Waals surface area contributed by atoms with Crippen molar-refractivity contribution in [2.75, 3.05) is 0 Å². The van der Waals surface area contributed by atoms with Gasteiger partial charge in [-0.2, -0.15) is 26.3 Å². The van der Waals surface area contributed by atoms with E-state index in [1.807, 2.05) is 0 Å². The van der Waals surface area contributed by atoms with Crippen LogP contribution in [-0.2, 0) is 12.4 Å². The Kier molecular flexibility index (Phi) is 3.85. The van der Waals surface area contributed by atoms with Gasteiger partial charge in [0.25, 0.3) is 0 Å². The van der Waals surface area contributed by atoms with Gasteiger partial charge < -0.3 is 17.7 Å². The van der Waals surface area contributed by atoms with Gasteiger partial charge in [0, 0.05) is 0 Å². The minimum Gasteiger partial charge on any atom is -0.443 e. The fourth-order valence-electron chi connectivity index (χ4n) is 1.29. The van der Waals surface area contributed by atoms with Gasteiger partial charge in [0.1, 0.15) is 5.68 Å². The van der Waals surface area contributed by atoms with Crippen LogP contribution in [-0.4, -0.2) is 12.7 Å². The maximum absolute atomic E-state index is 12.3. The first-order valence-electron chi connectivity index (χ1n) is 4.76. The third-order valence-corrected chi connectivity index (χ3v) is 2.17. The number of benzene rings is 1. The summed E-state index contributed by atoms with van der Waals surface area (Å²) in [5, 5.41) is 0. The lowest BCUT2D eigenvalue weighted by molar-refractivity contribution is -0.143. The summed E-state index contributed by atoms with van der Waals surface area (Å²) in [6.45, 7) is -6.23. The minimum absolute atomic E-state index is 0.257. The molecule has 0 N–H and O–H groups in total. The second-order valence-electron chi connectivity index (χ2n) is 3.73. The summed E-state index contributed by atoms with van der Waals surface area (Å²) in [6.07, 6.45) is -10.6. The van der Waals surface area contributed by atoms with Crippen molar-refractivity contribution in [2.24, 2.45) is 0 Å². The van der Waals surface area contributed by atoms with Crippen LogP contribution in [0.15, 0.2) is 18.2 Å². The van der Waals surface area contributed by atoms with Crippen molar-refractivity contribution in [2.45, 2.75) is 12.4 Å². The molecule has 0 aliphatic rings. The molecule has 0 bridgehead atoms. The highest BCUT2D eigenvalue weighted by Crippen LogP contribution is 2.37. The van der Waals surface area contributed by atoms with Crippen LogP contribution in [0.25, 0.3) is 0 Å². The SMILES string of the molecule is O=C(c1cc(C(F)(F)F)cc(C(F)(F)F)c1)[B-](F)(F)F. The van der Waals surface area contributed by atoms with E-state index in [2.05, 4.69) is 0 Å². The van der Waals surface area contributed by atoms with Crippen molar-refractivity contribution in [1.29, 1.82) is 0 Å². The smallest absolute Gasteiger partial charge is 0.443 e. The molecule has 11 heteroatoms. The fraction of sp³-hybridized carbons (Fsp3) is 0.222. The Bertz CT molecular complexity index is 493. The van der Waals surface area contributed by atoms with Gasteiger partial charge in [-0.1, -0.05) is 0 Å².